The van der Waals surface area contributed by atoms with E-state index in [2.05, 4.69) is 10.6 Å². The predicted octanol–water partition coefficient (Wildman–Crippen LogP) is 2.46. The largest absolute Gasteiger partial charge is 0.395 e. The molecule has 1 spiro atoms. The second-order valence-electron chi connectivity index (χ2n) is 10.1. The number of fused-ring (bicyclic) bond motifs is 2. The van der Waals surface area contributed by atoms with Crippen LogP contribution in [0.25, 0.3) is 10.8 Å². The quantitative estimate of drug-likeness (QED) is 0.463. The zero-order valence-electron chi connectivity index (χ0n) is 20.3. The fourth-order valence-electron chi connectivity index (χ4n) is 6.48. The summed E-state index contributed by atoms with van der Waals surface area (Å²) in [7, 11) is 0. The Morgan fingerprint density at radius 3 is 2.54 bits per heavy atom. The highest BCUT2D eigenvalue weighted by molar-refractivity contribution is 6.04. The molecule has 0 radical (unpaired) electrons. The summed E-state index contributed by atoms with van der Waals surface area (Å²) < 4.78 is 6.39. The minimum absolute atomic E-state index is 0.000723. The second-order valence-corrected chi connectivity index (χ2v) is 10.1. The molecule has 3 aromatic carbocycles. The summed E-state index contributed by atoms with van der Waals surface area (Å²) in [4.78, 5) is 42.1. The van der Waals surface area contributed by atoms with Crippen molar-refractivity contribution < 1.29 is 24.2 Å². The Kier molecular flexibility index (Phi) is 5.93. The molecule has 3 aliphatic heterocycles. The number of β-amino-alcohol motifs (C(OH)–C–C–N with tert-alkyl or cyclic N) is 1. The van der Waals surface area contributed by atoms with Crippen molar-refractivity contribution in [1.29, 1.82) is 0 Å². The van der Waals surface area contributed by atoms with Crippen LogP contribution in [0.3, 0.4) is 0 Å². The number of benzene rings is 3. The van der Waals surface area contributed by atoms with Gasteiger partial charge in [-0.3, -0.25) is 14.4 Å². The molecular formula is C29H29N3O5. The number of nitrogens with one attached hydrogen (secondary N) is 2. The van der Waals surface area contributed by atoms with Crippen molar-refractivity contribution in [3.8, 4) is 0 Å². The van der Waals surface area contributed by atoms with Crippen LogP contribution >= 0.6 is 0 Å². The van der Waals surface area contributed by atoms with E-state index in [0.717, 1.165) is 16.3 Å². The summed E-state index contributed by atoms with van der Waals surface area (Å²) in [6.07, 6.45) is 0.686. The number of amides is 3. The van der Waals surface area contributed by atoms with Crippen LogP contribution in [0.15, 0.2) is 72.8 Å². The number of carbonyl (C=O) groups excluding carboxylic acids is 3. The Morgan fingerprint density at radius 1 is 1.00 bits per heavy atom. The van der Waals surface area contributed by atoms with Gasteiger partial charge in [0.15, 0.2) is 0 Å². The topological polar surface area (TPSA) is 108 Å². The predicted molar refractivity (Wildman–Crippen MR) is 137 cm³/mol. The molecular weight excluding hydrogens is 470 g/mol. The van der Waals surface area contributed by atoms with Gasteiger partial charge in [-0.1, -0.05) is 60.7 Å². The monoisotopic (exact) mass is 499 g/mol. The van der Waals surface area contributed by atoms with Gasteiger partial charge in [-0.2, -0.15) is 0 Å². The fourth-order valence-corrected chi connectivity index (χ4v) is 6.48. The third kappa shape index (κ3) is 3.88. The van der Waals surface area contributed by atoms with Gasteiger partial charge in [-0.15, -0.1) is 0 Å². The lowest BCUT2D eigenvalue weighted by atomic mass is 9.70. The third-order valence-corrected chi connectivity index (χ3v) is 8.02. The number of anilines is 1. The molecule has 3 saturated heterocycles. The molecule has 3 aliphatic rings. The number of hydrogen-bond acceptors (Lipinski definition) is 5. The van der Waals surface area contributed by atoms with Gasteiger partial charge in [0.05, 0.1) is 24.5 Å². The molecule has 8 heteroatoms. The fraction of sp³-hybridized carbons (Fsp3) is 0.345. The zero-order chi connectivity index (χ0) is 25.6. The minimum atomic E-state index is -1.09. The first-order valence-corrected chi connectivity index (χ1v) is 12.7. The molecule has 2 unspecified atom stereocenters. The molecule has 6 rings (SSSR count). The van der Waals surface area contributed by atoms with Gasteiger partial charge in [0.2, 0.25) is 17.7 Å². The molecule has 190 valence electrons. The molecule has 2 bridgehead atoms. The normalized spacial score (nSPS) is 27.9. The van der Waals surface area contributed by atoms with E-state index >= 15 is 0 Å². The van der Waals surface area contributed by atoms with Gasteiger partial charge in [-0.05, 0) is 41.3 Å². The average molecular weight is 500 g/mol. The molecule has 5 atom stereocenters. The SMILES string of the molecule is O=C(Nc1ccc2ccccc2c1)C1N(CCO)C(=O)[C@@H]2[C@@H](C(=O)NCc3ccccc3)[C@H]3CCC12O3. The van der Waals surface area contributed by atoms with Gasteiger partial charge in [0, 0.05) is 18.8 Å². The van der Waals surface area contributed by atoms with Gasteiger partial charge in [0.25, 0.3) is 0 Å². The van der Waals surface area contributed by atoms with Crippen molar-refractivity contribution in [2.45, 2.75) is 37.1 Å². The van der Waals surface area contributed by atoms with Crippen LogP contribution in [0.5, 0.6) is 0 Å². The first-order chi connectivity index (χ1) is 18.0. The van der Waals surface area contributed by atoms with Crippen molar-refractivity contribution in [2.24, 2.45) is 11.8 Å². The summed E-state index contributed by atoms with van der Waals surface area (Å²) in [5.74, 6) is -2.36. The number of aliphatic hydroxyl groups is 1. The number of likely N-dealkylation sites (tertiary alicyclic amines) is 1. The molecule has 0 aliphatic carbocycles. The molecule has 3 N–H and O–H groups in total. The van der Waals surface area contributed by atoms with Crippen LogP contribution in [0.1, 0.15) is 18.4 Å². The van der Waals surface area contributed by atoms with E-state index in [1.54, 1.807) is 0 Å². The zero-order valence-corrected chi connectivity index (χ0v) is 20.3. The van der Waals surface area contributed by atoms with Crippen LogP contribution in [0.4, 0.5) is 5.69 Å². The van der Waals surface area contributed by atoms with Crippen LogP contribution in [0, 0.1) is 11.8 Å². The van der Waals surface area contributed by atoms with Crippen LogP contribution in [0.2, 0.25) is 0 Å². The summed E-state index contributed by atoms with van der Waals surface area (Å²) >= 11 is 0. The minimum Gasteiger partial charge on any atom is -0.395 e. The van der Waals surface area contributed by atoms with Crippen molar-refractivity contribution in [1.82, 2.24) is 10.2 Å². The van der Waals surface area contributed by atoms with E-state index in [-0.39, 0.29) is 30.9 Å². The summed E-state index contributed by atoms with van der Waals surface area (Å²) in [5.41, 5.74) is 0.485. The lowest BCUT2D eigenvalue weighted by molar-refractivity contribution is -0.141. The lowest BCUT2D eigenvalue weighted by Gasteiger charge is -2.33. The summed E-state index contributed by atoms with van der Waals surface area (Å²) in [6.45, 7) is 0.0604. The van der Waals surface area contributed by atoms with E-state index in [9.17, 15) is 19.5 Å². The smallest absolute Gasteiger partial charge is 0.250 e. The summed E-state index contributed by atoms with van der Waals surface area (Å²) in [6, 6.07) is 22.2. The number of hydrogen-bond donors (Lipinski definition) is 3. The maximum absolute atomic E-state index is 13.7. The molecule has 0 aromatic heterocycles. The Labute approximate surface area is 214 Å². The Bertz CT molecular complexity index is 1360. The molecule has 37 heavy (non-hydrogen) atoms. The van der Waals surface area contributed by atoms with Crippen molar-refractivity contribution in [3.05, 3.63) is 78.4 Å². The highest BCUT2D eigenvalue weighted by atomic mass is 16.5. The van der Waals surface area contributed by atoms with E-state index in [4.69, 9.17) is 4.74 Å². The highest BCUT2D eigenvalue weighted by Crippen LogP contribution is 2.58. The Morgan fingerprint density at radius 2 is 1.76 bits per heavy atom. The van der Waals surface area contributed by atoms with Crippen molar-refractivity contribution >= 4 is 34.2 Å². The van der Waals surface area contributed by atoms with E-state index < -0.39 is 29.6 Å². The number of ether oxygens (including phenoxy) is 1. The molecule has 0 saturated carbocycles. The van der Waals surface area contributed by atoms with Crippen molar-refractivity contribution in [3.63, 3.8) is 0 Å². The molecule has 3 fully saturated rings. The number of carbonyl (C=O) groups is 3. The summed E-state index contributed by atoms with van der Waals surface area (Å²) in [5, 5.41) is 17.7. The second kappa shape index (κ2) is 9.28. The number of aliphatic hydroxyl groups excluding tert-OH is 1. The molecule has 8 nitrogen and oxygen atoms in total. The molecule has 3 aromatic rings. The first kappa shape index (κ1) is 23.6. The number of nitrogens with zero attached hydrogens (tertiary/aromatic N) is 1. The van der Waals surface area contributed by atoms with Crippen LogP contribution in [-0.2, 0) is 25.7 Å². The molecule has 3 amide bonds. The standard InChI is InChI=1S/C29H29N3O5/c33-15-14-32-25(27(35)31-21-11-10-19-8-4-5-9-20(19)16-21)29-13-12-22(37-29)23(24(29)28(32)36)26(34)30-17-18-6-2-1-3-7-18/h1-11,16,22-25,33H,12-15,17H2,(H,30,34)(H,31,35)/t22-,23+,24+,25?,29?/m1/s1. The van der Waals surface area contributed by atoms with E-state index in [0.29, 0.717) is 25.1 Å². The average Bonchev–Trinajstić information content (AvgIpc) is 3.55. The van der Waals surface area contributed by atoms with Gasteiger partial charge >= 0.3 is 0 Å². The van der Waals surface area contributed by atoms with Gasteiger partial charge < -0.3 is 25.4 Å². The first-order valence-electron chi connectivity index (χ1n) is 12.7. The van der Waals surface area contributed by atoms with Gasteiger partial charge in [-0.25, -0.2) is 0 Å². The van der Waals surface area contributed by atoms with E-state index in [1.165, 1.54) is 4.90 Å². The maximum Gasteiger partial charge on any atom is 0.250 e. The highest BCUT2D eigenvalue weighted by Gasteiger charge is 2.74. The third-order valence-electron chi connectivity index (χ3n) is 8.02. The van der Waals surface area contributed by atoms with E-state index in [1.807, 2.05) is 72.8 Å². The van der Waals surface area contributed by atoms with Crippen LogP contribution < -0.4 is 10.6 Å². The Balaban J connectivity index is 1.27. The van der Waals surface area contributed by atoms with Crippen LogP contribution in [-0.4, -0.2) is 58.6 Å². The maximum atomic E-state index is 13.7. The molecule has 3 heterocycles. The number of rotatable bonds is 7. The van der Waals surface area contributed by atoms with Crippen molar-refractivity contribution in [2.75, 3.05) is 18.5 Å². The van der Waals surface area contributed by atoms with Gasteiger partial charge in [0.1, 0.15) is 11.6 Å². The Hall–Kier alpha value is -3.75. The lowest BCUT2D eigenvalue weighted by Crippen LogP contribution is -2.53.